The Bertz CT molecular complexity index is 1330. The van der Waals surface area contributed by atoms with Crippen molar-refractivity contribution in [1.29, 1.82) is 0 Å². The first kappa shape index (κ1) is 44.2. The highest BCUT2D eigenvalue weighted by atomic mass is 16.5. The van der Waals surface area contributed by atoms with Gasteiger partial charge in [0.1, 0.15) is 18.2 Å². The molecular formula is C44H72N4O5. The van der Waals surface area contributed by atoms with Crippen LogP contribution >= 0.6 is 0 Å². The first-order valence-electron chi connectivity index (χ1n) is 20.9. The van der Waals surface area contributed by atoms with Gasteiger partial charge >= 0.3 is 5.97 Å². The first-order chi connectivity index (χ1) is 25.3. The van der Waals surface area contributed by atoms with Crippen molar-refractivity contribution in [2.24, 2.45) is 11.8 Å². The quantitative estimate of drug-likeness (QED) is 0.0823. The van der Waals surface area contributed by atoms with Gasteiger partial charge in [0.05, 0.1) is 12.1 Å². The summed E-state index contributed by atoms with van der Waals surface area (Å²) in [5.41, 5.74) is 1.48. The Balaban J connectivity index is 1.70. The lowest BCUT2D eigenvalue weighted by Gasteiger charge is -2.39. The zero-order chi connectivity index (χ0) is 39.1. The van der Waals surface area contributed by atoms with Crippen molar-refractivity contribution in [1.82, 2.24) is 20.0 Å². The van der Waals surface area contributed by atoms with Crippen LogP contribution in [0.1, 0.15) is 151 Å². The van der Waals surface area contributed by atoms with E-state index in [2.05, 4.69) is 31.0 Å². The monoisotopic (exact) mass is 737 g/mol. The largest absolute Gasteiger partial charge is 0.456 e. The van der Waals surface area contributed by atoms with Gasteiger partial charge in [0, 0.05) is 25.2 Å². The number of nitrogens with one attached hydrogen (secondary N) is 1. The number of amides is 3. The van der Waals surface area contributed by atoms with Crippen LogP contribution in [-0.2, 0) is 23.9 Å². The van der Waals surface area contributed by atoms with Gasteiger partial charge in [0.25, 0.3) is 0 Å². The minimum atomic E-state index is -0.689. The Hall–Kier alpha value is -3.20. The van der Waals surface area contributed by atoms with E-state index in [1.807, 2.05) is 64.1 Å². The molecule has 2 heterocycles. The van der Waals surface area contributed by atoms with E-state index in [9.17, 15) is 19.2 Å². The lowest BCUT2D eigenvalue weighted by Crippen LogP contribution is -2.58. The summed E-state index contributed by atoms with van der Waals surface area (Å²) in [7, 11) is 1.76. The smallest absolute Gasteiger partial charge is 0.329 e. The van der Waals surface area contributed by atoms with Crippen molar-refractivity contribution in [3.05, 3.63) is 47.5 Å². The number of benzene rings is 1. The van der Waals surface area contributed by atoms with Crippen LogP contribution in [0.25, 0.3) is 0 Å². The molecule has 0 radical (unpaired) electrons. The number of likely N-dealkylation sites (tertiary alicyclic amines) is 2. The van der Waals surface area contributed by atoms with Gasteiger partial charge in [-0.3, -0.25) is 19.3 Å². The molecule has 9 nitrogen and oxygen atoms in total. The van der Waals surface area contributed by atoms with E-state index in [4.69, 9.17) is 4.74 Å². The SMILES string of the molecule is CCCCCCCCCC(OC(=O)[C@@H]1CCCN1C(=O)/C(C)=C/[C@H](C(C)C)N(C)C(=O)[C@@H](NC(=O)[C@H]1CCCCN1C(C)C)C(C)C)c1ccccc1. The molecule has 1 aromatic rings. The summed E-state index contributed by atoms with van der Waals surface area (Å²) in [6.45, 7) is 17.5. The van der Waals surface area contributed by atoms with E-state index in [1.165, 1.54) is 32.1 Å². The maximum absolute atomic E-state index is 14.1. The molecule has 3 rings (SSSR count). The Morgan fingerprint density at radius 3 is 2.11 bits per heavy atom. The lowest BCUT2D eigenvalue weighted by molar-refractivity contribution is -0.158. The van der Waals surface area contributed by atoms with Crippen LogP contribution in [0.15, 0.2) is 42.0 Å². The number of carbonyl (C=O) groups is 4. The normalized spacial score (nSPS) is 20.1. The zero-order valence-corrected chi connectivity index (χ0v) is 34.6. The fourth-order valence-electron chi connectivity index (χ4n) is 8.01. The van der Waals surface area contributed by atoms with Crippen molar-refractivity contribution in [2.45, 2.75) is 175 Å². The van der Waals surface area contributed by atoms with E-state index in [-0.39, 0.29) is 59.8 Å². The second kappa shape index (κ2) is 22.2. The van der Waals surface area contributed by atoms with Crippen LogP contribution in [0.5, 0.6) is 0 Å². The minimum absolute atomic E-state index is 0.00241. The van der Waals surface area contributed by atoms with Crippen molar-refractivity contribution in [3.8, 4) is 0 Å². The molecule has 0 aromatic heterocycles. The fraction of sp³-hybridized carbons (Fsp3) is 0.727. The second-order valence-electron chi connectivity index (χ2n) is 16.5. The second-order valence-corrected chi connectivity index (χ2v) is 16.5. The van der Waals surface area contributed by atoms with Crippen LogP contribution in [0.3, 0.4) is 0 Å². The highest BCUT2D eigenvalue weighted by molar-refractivity contribution is 5.96. The van der Waals surface area contributed by atoms with Crippen molar-refractivity contribution < 1.29 is 23.9 Å². The van der Waals surface area contributed by atoms with Crippen LogP contribution in [0, 0.1) is 11.8 Å². The molecule has 298 valence electrons. The summed E-state index contributed by atoms with van der Waals surface area (Å²) < 4.78 is 6.22. The third-order valence-electron chi connectivity index (χ3n) is 11.3. The van der Waals surface area contributed by atoms with Crippen LogP contribution < -0.4 is 5.32 Å². The van der Waals surface area contributed by atoms with Gasteiger partial charge in [-0.25, -0.2) is 4.79 Å². The molecule has 0 saturated carbocycles. The third-order valence-corrected chi connectivity index (χ3v) is 11.3. The van der Waals surface area contributed by atoms with Gasteiger partial charge < -0.3 is 19.9 Å². The van der Waals surface area contributed by atoms with Gasteiger partial charge in [-0.15, -0.1) is 0 Å². The Kier molecular flexibility index (Phi) is 18.5. The molecule has 3 amide bonds. The molecule has 1 N–H and O–H groups in total. The van der Waals surface area contributed by atoms with Gasteiger partial charge in [-0.1, -0.05) is 116 Å². The van der Waals surface area contributed by atoms with Crippen molar-refractivity contribution >= 4 is 23.7 Å². The number of hydrogen-bond donors (Lipinski definition) is 1. The fourth-order valence-corrected chi connectivity index (χ4v) is 8.01. The summed E-state index contributed by atoms with van der Waals surface area (Å²) in [5.74, 6) is -0.942. The molecule has 0 bridgehead atoms. The number of hydrogen-bond acceptors (Lipinski definition) is 6. The molecule has 2 fully saturated rings. The average Bonchev–Trinajstić information content (AvgIpc) is 3.64. The minimum Gasteiger partial charge on any atom is -0.456 e. The molecule has 0 spiro atoms. The topological polar surface area (TPSA) is 99.3 Å². The number of nitrogens with zero attached hydrogens (tertiary/aromatic N) is 3. The number of ether oxygens (including phenoxy) is 1. The number of rotatable bonds is 20. The van der Waals surface area contributed by atoms with E-state index >= 15 is 0 Å². The summed E-state index contributed by atoms with van der Waals surface area (Å²) in [4.78, 5) is 61.1. The van der Waals surface area contributed by atoms with E-state index in [0.29, 0.717) is 18.5 Å². The summed E-state index contributed by atoms with van der Waals surface area (Å²) in [5, 5.41) is 3.12. The van der Waals surface area contributed by atoms with Crippen molar-refractivity contribution in [3.63, 3.8) is 0 Å². The summed E-state index contributed by atoms with van der Waals surface area (Å²) in [6, 6.07) is 8.22. The van der Waals surface area contributed by atoms with Crippen LogP contribution in [0.2, 0.25) is 0 Å². The molecule has 0 aliphatic carbocycles. The molecule has 1 aromatic carbocycles. The molecular weight excluding hydrogens is 665 g/mol. The van der Waals surface area contributed by atoms with E-state index in [0.717, 1.165) is 57.1 Å². The summed E-state index contributed by atoms with van der Waals surface area (Å²) >= 11 is 0. The lowest BCUT2D eigenvalue weighted by atomic mass is 9.95. The number of piperidine rings is 1. The Labute approximate surface area is 321 Å². The number of esters is 1. The number of carbonyl (C=O) groups excluding carboxylic acids is 4. The van der Waals surface area contributed by atoms with Crippen molar-refractivity contribution in [2.75, 3.05) is 20.1 Å². The average molecular weight is 737 g/mol. The van der Waals surface area contributed by atoms with E-state index in [1.54, 1.807) is 23.8 Å². The first-order valence-corrected chi connectivity index (χ1v) is 20.9. The third kappa shape index (κ3) is 13.0. The molecule has 9 heteroatoms. The summed E-state index contributed by atoms with van der Waals surface area (Å²) in [6.07, 6.45) is 14.7. The molecule has 1 unspecified atom stereocenters. The van der Waals surface area contributed by atoms with Crippen LogP contribution in [-0.4, -0.2) is 88.7 Å². The standard InChI is InChI=1S/C44H72N4O5/c1-10-11-12-13-14-15-19-27-39(35-23-17-16-18-24-35)53-44(52)37-26-22-29-48(37)42(50)34(8)30-38(31(2)3)46(9)43(51)40(32(4)5)45-41(49)36-25-20-21-28-47(36)33(6)7/h16-18,23-24,30-33,36-40H,10-15,19-22,25-29H2,1-9H3,(H,45,49)/b34-30+/t36-,37+,38-,39?,40+/m1/s1. The van der Waals surface area contributed by atoms with Gasteiger partial charge in [-0.05, 0) is 83.2 Å². The van der Waals surface area contributed by atoms with Gasteiger partial charge in [0.15, 0.2) is 0 Å². The molecule has 2 aliphatic rings. The molecule has 5 atom stereocenters. The van der Waals surface area contributed by atoms with Gasteiger partial charge in [-0.2, -0.15) is 0 Å². The predicted octanol–water partition coefficient (Wildman–Crippen LogP) is 8.24. The maximum atomic E-state index is 14.1. The maximum Gasteiger partial charge on any atom is 0.329 e. The Morgan fingerprint density at radius 2 is 1.49 bits per heavy atom. The molecule has 53 heavy (non-hydrogen) atoms. The highest BCUT2D eigenvalue weighted by Gasteiger charge is 2.39. The Morgan fingerprint density at radius 1 is 0.849 bits per heavy atom. The highest BCUT2D eigenvalue weighted by Crippen LogP contribution is 2.29. The van der Waals surface area contributed by atoms with Crippen LogP contribution in [0.4, 0.5) is 0 Å². The van der Waals surface area contributed by atoms with E-state index < -0.39 is 12.1 Å². The number of unbranched alkanes of at least 4 members (excludes halogenated alkanes) is 6. The molecule has 2 aliphatic heterocycles. The van der Waals surface area contributed by atoms with Gasteiger partial charge in [0.2, 0.25) is 17.7 Å². The zero-order valence-electron chi connectivity index (χ0n) is 34.6. The predicted molar refractivity (Wildman–Crippen MR) is 214 cm³/mol. The number of likely N-dealkylation sites (N-methyl/N-ethyl adjacent to an activating group) is 1. The molecule has 2 saturated heterocycles.